The lowest BCUT2D eigenvalue weighted by molar-refractivity contribution is -0.283. The summed E-state index contributed by atoms with van der Waals surface area (Å²) in [5.74, 6) is -1.03. The van der Waals surface area contributed by atoms with E-state index in [1.54, 1.807) is 0 Å². The summed E-state index contributed by atoms with van der Waals surface area (Å²) in [5.41, 5.74) is 0. The number of aliphatic hydroxyl groups is 1. The Kier molecular flexibility index (Phi) is 6.42. The van der Waals surface area contributed by atoms with Crippen LogP contribution in [0.5, 0.6) is 0 Å². The minimum absolute atomic E-state index is 0.161. The van der Waals surface area contributed by atoms with E-state index < -0.39 is 23.9 Å². The number of ether oxygens (including phenoxy) is 2. The van der Waals surface area contributed by atoms with Crippen LogP contribution in [-0.2, 0) is 14.3 Å². The van der Waals surface area contributed by atoms with E-state index in [1.165, 1.54) is 6.08 Å². The molecular weight excluding hydrogens is 354 g/mol. The van der Waals surface area contributed by atoms with Crippen LogP contribution in [0.15, 0.2) is 24.3 Å². The number of esters is 1. The summed E-state index contributed by atoms with van der Waals surface area (Å²) in [5, 5.41) is 13.7. The number of allylic oxidation sites excluding steroid dienone is 3. The van der Waals surface area contributed by atoms with Crippen LogP contribution >= 0.6 is 11.8 Å². The molecule has 1 amide bonds. The van der Waals surface area contributed by atoms with E-state index in [9.17, 15) is 14.7 Å². The molecule has 2 N–H and O–H groups in total. The summed E-state index contributed by atoms with van der Waals surface area (Å²) in [6.07, 6.45) is 11.1. The SMILES string of the molecule is C[C@@H]1/C=C\CC/C=C\C(=O)O[C@@H]2C[C@@H](CC1)O[C@@](O)([C@@H]1CSC(=O)N1)C2. The second-order valence-electron chi connectivity index (χ2n) is 7.34. The highest BCUT2D eigenvalue weighted by Crippen LogP contribution is 2.36. The van der Waals surface area contributed by atoms with E-state index in [-0.39, 0.29) is 17.8 Å². The number of fused-ring (bicyclic) bond motifs is 2. The monoisotopic (exact) mass is 381 g/mol. The third-order valence-electron chi connectivity index (χ3n) is 5.08. The largest absolute Gasteiger partial charge is 0.459 e. The van der Waals surface area contributed by atoms with Gasteiger partial charge in [0.05, 0.1) is 12.1 Å². The number of hydrogen-bond donors (Lipinski definition) is 2. The first-order valence-corrected chi connectivity index (χ1v) is 10.3. The van der Waals surface area contributed by atoms with Crippen LogP contribution in [-0.4, -0.2) is 46.1 Å². The van der Waals surface area contributed by atoms with Crippen LogP contribution in [0.25, 0.3) is 0 Å². The predicted molar refractivity (Wildman–Crippen MR) is 99.6 cm³/mol. The third kappa shape index (κ3) is 5.11. The van der Waals surface area contributed by atoms with Crippen molar-refractivity contribution in [2.24, 2.45) is 5.92 Å². The van der Waals surface area contributed by atoms with Gasteiger partial charge in [-0.1, -0.05) is 36.9 Å². The summed E-state index contributed by atoms with van der Waals surface area (Å²) < 4.78 is 11.6. The number of carbonyl (C=O) groups excluding carboxylic acids is 2. The molecule has 0 aromatic heterocycles. The fraction of sp³-hybridized carbons (Fsp3) is 0.684. The van der Waals surface area contributed by atoms with E-state index >= 15 is 0 Å². The van der Waals surface area contributed by atoms with Crippen LogP contribution in [0.4, 0.5) is 4.79 Å². The molecule has 5 atom stereocenters. The van der Waals surface area contributed by atoms with Crippen molar-refractivity contribution in [1.82, 2.24) is 5.32 Å². The van der Waals surface area contributed by atoms with Gasteiger partial charge < -0.3 is 19.9 Å². The predicted octanol–water partition coefficient (Wildman–Crippen LogP) is 2.91. The molecule has 2 fully saturated rings. The molecular formula is C19H27NO5S. The quantitative estimate of drug-likeness (QED) is 0.537. The molecule has 0 radical (unpaired) electrons. The first kappa shape index (κ1) is 19.5. The summed E-state index contributed by atoms with van der Waals surface area (Å²) in [7, 11) is 0. The van der Waals surface area contributed by atoms with Gasteiger partial charge in [0.2, 0.25) is 0 Å². The van der Waals surface area contributed by atoms with E-state index in [2.05, 4.69) is 24.4 Å². The smallest absolute Gasteiger partial charge is 0.330 e. The van der Waals surface area contributed by atoms with Crippen LogP contribution in [0.3, 0.4) is 0 Å². The molecule has 0 aromatic carbocycles. The summed E-state index contributed by atoms with van der Waals surface area (Å²) in [6, 6.07) is -0.490. The van der Waals surface area contributed by atoms with Gasteiger partial charge in [0.1, 0.15) is 6.10 Å². The van der Waals surface area contributed by atoms with E-state index in [1.807, 2.05) is 6.08 Å². The van der Waals surface area contributed by atoms with Gasteiger partial charge in [0, 0.05) is 24.7 Å². The maximum atomic E-state index is 12.1. The summed E-state index contributed by atoms with van der Waals surface area (Å²) >= 11 is 1.14. The van der Waals surface area contributed by atoms with Crippen molar-refractivity contribution in [1.29, 1.82) is 0 Å². The Morgan fingerprint density at radius 1 is 1.23 bits per heavy atom. The first-order chi connectivity index (χ1) is 12.4. The molecule has 0 aromatic rings. The normalized spacial score (nSPS) is 41.6. The number of thioether (sulfide) groups is 1. The number of carbonyl (C=O) groups is 2. The molecule has 3 heterocycles. The molecule has 2 bridgehead atoms. The number of hydrogen-bond acceptors (Lipinski definition) is 6. The van der Waals surface area contributed by atoms with Crippen LogP contribution < -0.4 is 5.32 Å². The van der Waals surface area contributed by atoms with Crippen molar-refractivity contribution in [2.45, 2.75) is 69.5 Å². The average molecular weight is 381 g/mol. The van der Waals surface area contributed by atoms with Gasteiger partial charge in [-0.2, -0.15) is 0 Å². The van der Waals surface area contributed by atoms with Gasteiger partial charge in [0.25, 0.3) is 5.24 Å². The number of nitrogens with one attached hydrogen (secondary N) is 1. The molecule has 2 saturated heterocycles. The van der Waals surface area contributed by atoms with Crippen molar-refractivity contribution in [3.8, 4) is 0 Å². The van der Waals surface area contributed by atoms with Gasteiger partial charge >= 0.3 is 5.97 Å². The van der Waals surface area contributed by atoms with Crippen molar-refractivity contribution in [3.05, 3.63) is 24.3 Å². The molecule has 0 unspecified atom stereocenters. The molecule has 144 valence electrons. The highest BCUT2D eigenvalue weighted by atomic mass is 32.2. The zero-order chi connectivity index (χ0) is 18.6. The summed E-state index contributed by atoms with van der Waals surface area (Å²) in [6.45, 7) is 2.17. The van der Waals surface area contributed by atoms with Gasteiger partial charge in [-0.05, 0) is 31.6 Å². The number of rotatable bonds is 1. The Hall–Kier alpha value is -1.31. The highest BCUT2D eigenvalue weighted by Gasteiger charge is 2.49. The molecule has 0 saturated carbocycles. The maximum Gasteiger partial charge on any atom is 0.330 e. The Morgan fingerprint density at radius 2 is 2.04 bits per heavy atom. The zero-order valence-electron chi connectivity index (χ0n) is 15.1. The van der Waals surface area contributed by atoms with Crippen molar-refractivity contribution in [3.63, 3.8) is 0 Å². The average Bonchev–Trinajstić information content (AvgIpc) is 3.02. The second kappa shape index (κ2) is 8.59. The van der Waals surface area contributed by atoms with E-state index in [0.29, 0.717) is 18.1 Å². The Labute approximate surface area is 158 Å². The Balaban J connectivity index is 1.76. The number of amides is 1. The minimum atomic E-state index is -1.51. The van der Waals surface area contributed by atoms with Crippen LogP contribution in [0, 0.1) is 5.92 Å². The molecule has 7 heteroatoms. The molecule has 3 aliphatic rings. The lowest BCUT2D eigenvalue weighted by Crippen LogP contribution is -2.58. The minimum Gasteiger partial charge on any atom is -0.459 e. The molecule has 0 aliphatic carbocycles. The van der Waals surface area contributed by atoms with E-state index in [0.717, 1.165) is 37.4 Å². The fourth-order valence-corrected chi connectivity index (χ4v) is 4.54. The summed E-state index contributed by atoms with van der Waals surface area (Å²) in [4.78, 5) is 23.6. The molecule has 6 nitrogen and oxygen atoms in total. The first-order valence-electron chi connectivity index (χ1n) is 9.32. The van der Waals surface area contributed by atoms with Gasteiger partial charge in [-0.25, -0.2) is 4.79 Å². The van der Waals surface area contributed by atoms with E-state index in [4.69, 9.17) is 9.47 Å². The second-order valence-corrected chi connectivity index (χ2v) is 8.33. The van der Waals surface area contributed by atoms with Gasteiger partial charge in [-0.15, -0.1) is 0 Å². The van der Waals surface area contributed by atoms with Crippen molar-refractivity contribution >= 4 is 23.0 Å². The molecule has 3 rings (SSSR count). The van der Waals surface area contributed by atoms with Gasteiger partial charge in [0.15, 0.2) is 5.79 Å². The van der Waals surface area contributed by atoms with Crippen molar-refractivity contribution in [2.75, 3.05) is 5.75 Å². The Morgan fingerprint density at radius 3 is 2.81 bits per heavy atom. The highest BCUT2D eigenvalue weighted by molar-refractivity contribution is 8.14. The lowest BCUT2D eigenvalue weighted by atomic mass is 9.90. The topological polar surface area (TPSA) is 84.9 Å². The molecule has 26 heavy (non-hydrogen) atoms. The Bertz CT molecular complexity index is 592. The van der Waals surface area contributed by atoms with Crippen LogP contribution in [0.2, 0.25) is 0 Å². The molecule has 0 spiro atoms. The zero-order valence-corrected chi connectivity index (χ0v) is 15.9. The lowest BCUT2D eigenvalue weighted by Gasteiger charge is -2.43. The van der Waals surface area contributed by atoms with Crippen molar-refractivity contribution < 1.29 is 24.2 Å². The van der Waals surface area contributed by atoms with Gasteiger partial charge in [-0.3, -0.25) is 4.79 Å². The fourth-order valence-electron chi connectivity index (χ4n) is 3.66. The maximum absolute atomic E-state index is 12.1. The standard InChI is InChI=1S/C19H27NO5S/c1-13-6-4-2-3-5-7-17(21)24-15-10-14(9-8-13)25-19(23,11-15)16-12-26-18(22)20-16/h4-7,13-16,23H,2-3,8-12H2,1H3,(H,20,22)/b6-4-,7-5-/t13-,14-,15-,16+,19-/m1/s1. The molecule has 3 aliphatic heterocycles. The van der Waals surface area contributed by atoms with Crippen LogP contribution in [0.1, 0.15) is 45.4 Å². The third-order valence-corrected chi connectivity index (χ3v) is 5.96.